The molecule has 2 atom stereocenters. The molecule has 1 aliphatic rings. The van der Waals surface area contributed by atoms with Crippen LogP contribution in [0.2, 0.25) is 0 Å². The van der Waals surface area contributed by atoms with Crippen molar-refractivity contribution in [1.82, 2.24) is 4.98 Å². The Morgan fingerprint density at radius 1 is 1.04 bits per heavy atom. The molecule has 2 aromatic carbocycles. The number of carbonyl (C=O) groups is 1. The number of benzene rings is 2. The van der Waals surface area contributed by atoms with Crippen molar-refractivity contribution in [3.05, 3.63) is 84.4 Å². The van der Waals surface area contributed by atoms with Gasteiger partial charge < -0.3 is 14.4 Å². The minimum atomic E-state index is -0.823. The zero-order chi connectivity index (χ0) is 19.5. The Kier molecular flexibility index (Phi) is 4.93. The maximum atomic E-state index is 13.4. The summed E-state index contributed by atoms with van der Waals surface area (Å²) in [6, 6.07) is 16.8. The van der Waals surface area contributed by atoms with Crippen LogP contribution in [0, 0.1) is 5.82 Å². The second kappa shape index (κ2) is 7.68. The first kappa shape index (κ1) is 18.0. The predicted molar refractivity (Wildman–Crippen MR) is 103 cm³/mol. The van der Waals surface area contributed by atoms with Crippen LogP contribution >= 0.6 is 0 Å². The first-order valence-corrected chi connectivity index (χ1v) is 9.00. The summed E-state index contributed by atoms with van der Waals surface area (Å²) in [7, 11) is 0. The molecule has 0 radical (unpaired) electrons. The Labute approximate surface area is 162 Å². The zero-order valence-electron chi connectivity index (χ0n) is 15.3. The molecule has 0 aliphatic carbocycles. The van der Waals surface area contributed by atoms with Gasteiger partial charge in [0, 0.05) is 18.1 Å². The Morgan fingerprint density at radius 3 is 2.43 bits per heavy atom. The molecular formula is C22H19FN2O3. The first-order chi connectivity index (χ1) is 13.6. The highest BCUT2D eigenvalue weighted by atomic mass is 19.1. The number of nitrogens with zero attached hydrogens (tertiary/aromatic N) is 2. The fourth-order valence-electron chi connectivity index (χ4n) is 3.14. The summed E-state index contributed by atoms with van der Waals surface area (Å²) >= 11 is 0. The maximum absolute atomic E-state index is 13.4. The van der Waals surface area contributed by atoms with Gasteiger partial charge in [-0.3, -0.25) is 9.78 Å². The van der Waals surface area contributed by atoms with E-state index in [0.717, 1.165) is 5.56 Å². The maximum Gasteiger partial charge on any atom is 0.272 e. The number of para-hydroxylation sites is 2. The van der Waals surface area contributed by atoms with Crippen LogP contribution in [-0.4, -0.2) is 23.1 Å². The lowest BCUT2D eigenvalue weighted by Gasteiger charge is -2.34. The van der Waals surface area contributed by atoms with E-state index in [4.69, 9.17) is 9.47 Å². The molecule has 0 spiro atoms. The first-order valence-electron chi connectivity index (χ1n) is 9.00. The lowest BCUT2D eigenvalue weighted by atomic mass is 10.1. The number of carbonyl (C=O) groups excluding carboxylic acids is 1. The van der Waals surface area contributed by atoms with Gasteiger partial charge in [-0.1, -0.05) is 18.2 Å². The van der Waals surface area contributed by atoms with Crippen molar-refractivity contribution in [2.45, 2.75) is 25.7 Å². The Bertz CT molecular complexity index is 963. The third-order valence-corrected chi connectivity index (χ3v) is 4.55. The van der Waals surface area contributed by atoms with E-state index >= 15 is 0 Å². The summed E-state index contributed by atoms with van der Waals surface area (Å²) in [4.78, 5) is 19.1. The van der Waals surface area contributed by atoms with Gasteiger partial charge in [-0.2, -0.15) is 0 Å². The molecule has 1 aliphatic heterocycles. The molecule has 0 fully saturated rings. The lowest BCUT2D eigenvalue weighted by Crippen LogP contribution is -2.50. The second-order valence-electron chi connectivity index (χ2n) is 6.57. The second-order valence-corrected chi connectivity index (χ2v) is 6.57. The van der Waals surface area contributed by atoms with Gasteiger partial charge in [-0.25, -0.2) is 4.39 Å². The largest absolute Gasteiger partial charge is 0.482 e. The Hall–Kier alpha value is -3.41. The molecule has 1 aromatic heterocycles. The van der Waals surface area contributed by atoms with Crippen molar-refractivity contribution in [1.29, 1.82) is 0 Å². The summed E-state index contributed by atoms with van der Waals surface area (Å²) < 4.78 is 25.2. The molecule has 142 valence electrons. The molecular weight excluding hydrogens is 359 g/mol. The van der Waals surface area contributed by atoms with E-state index in [1.807, 2.05) is 24.3 Å². The molecule has 0 bridgehead atoms. The van der Waals surface area contributed by atoms with Gasteiger partial charge in [0.15, 0.2) is 11.5 Å². The summed E-state index contributed by atoms with van der Waals surface area (Å²) in [6.45, 7) is 2.08. The summed E-state index contributed by atoms with van der Waals surface area (Å²) in [5.41, 5.74) is 1.43. The van der Waals surface area contributed by atoms with Crippen LogP contribution in [0.15, 0.2) is 73.1 Å². The molecule has 2 heterocycles. The van der Waals surface area contributed by atoms with E-state index in [-0.39, 0.29) is 18.3 Å². The van der Waals surface area contributed by atoms with E-state index < -0.39 is 12.2 Å². The summed E-state index contributed by atoms with van der Waals surface area (Å²) in [5.74, 6) is 0.508. The van der Waals surface area contributed by atoms with Crippen molar-refractivity contribution in [2.24, 2.45) is 0 Å². The van der Waals surface area contributed by atoms with Gasteiger partial charge in [0.2, 0.25) is 6.10 Å². The summed E-state index contributed by atoms with van der Waals surface area (Å²) in [6.07, 6.45) is 2.07. The minimum absolute atomic E-state index is 0.266. The van der Waals surface area contributed by atoms with Crippen molar-refractivity contribution < 1.29 is 18.7 Å². The normalized spacial score (nSPS) is 17.8. The number of anilines is 1. The molecule has 3 aromatic rings. The fraction of sp³-hybridized carbons (Fsp3) is 0.182. The molecule has 0 N–H and O–H groups in total. The van der Waals surface area contributed by atoms with Gasteiger partial charge in [0.25, 0.3) is 5.91 Å². The highest BCUT2D eigenvalue weighted by Gasteiger charge is 2.37. The number of aromatic nitrogens is 1. The zero-order valence-corrected chi connectivity index (χ0v) is 15.3. The van der Waals surface area contributed by atoms with Crippen LogP contribution in [0.1, 0.15) is 12.5 Å². The van der Waals surface area contributed by atoms with Crippen LogP contribution in [-0.2, 0) is 11.3 Å². The Morgan fingerprint density at radius 2 is 1.75 bits per heavy atom. The highest BCUT2D eigenvalue weighted by Crippen LogP contribution is 2.34. The molecule has 28 heavy (non-hydrogen) atoms. The SMILES string of the molecule is C[C@@H]1Oc2ccccc2O[C@@H]1C(=O)N(Cc1cccnc1)c1ccc(F)cc1. The fourth-order valence-corrected chi connectivity index (χ4v) is 3.14. The summed E-state index contributed by atoms with van der Waals surface area (Å²) in [5, 5.41) is 0. The van der Waals surface area contributed by atoms with Crippen molar-refractivity contribution in [3.8, 4) is 11.5 Å². The van der Waals surface area contributed by atoms with Crippen LogP contribution < -0.4 is 14.4 Å². The monoisotopic (exact) mass is 378 g/mol. The Balaban J connectivity index is 1.65. The average molecular weight is 378 g/mol. The number of pyridine rings is 1. The van der Waals surface area contributed by atoms with E-state index in [1.54, 1.807) is 48.5 Å². The molecule has 0 saturated heterocycles. The number of rotatable bonds is 4. The van der Waals surface area contributed by atoms with E-state index in [0.29, 0.717) is 17.2 Å². The van der Waals surface area contributed by atoms with Crippen molar-refractivity contribution in [3.63, 3.8) is 0 Å². The number of amides is 1. The average Bonchev–Trinajstić information content (AvgIpc) is 2.72. The standard InChI is InChI=1S/C22H19FN2O3/c1-15-21(28-20-7-3-2-6-19(20)27-15)22(26)25(14-16-5-4-12-24-13-16)18-10-8-17(23)9-11-18/h2-13,15,21H,14H2,1H3/t15-,21-/m0/s1. The van der Waals surface area contributed by atoms with Crippen LogP contribution in [0.25, 0.3) is 0 Å². The molecule has 1 amide bonds. The topological polar surface area (TPSA) is 51.7 Å². The smallest absolute Gasteiger partial charge is 0.272 e. The quantitative estimate of drug-likeness (QED) is 0.689. The third-order valence-electron chi connectivity index (χ3n) is 4.55. The number of hydrogen-bond donors (Lipinski definition) is 0. The van der Waals surface area contributed by atoms with E-state index in [1.165, 1.54) is 12.1 Å². The molecule has 0 unspecified atom stereocenters. The number of ether oxygens (including phenoxy) is 2. The van der Waals surface area contributed by atoms with Gasteiger partial charge in [-0.05, 0) is 55.0 Å². The van der Waals surface area contributed by atoms with Crippen LogP contribution in [0.4, 0.5) is 10.1 Å². The van der Waals surface area contributed by atoms with Gasteiger partial charge >= 0.3 is 0 Å². The predicted octanol–water partition coefficient (Wildman–Crippen LogP) is 3.98. The van der Waals surface area contributed by atoms with Crippen LogP contribution in [0.5, 0.6) is 11.5 Å². The van der Waals surface area contributed by atoms with Gasteiger partial charge in [0.1, 0.15) is 11.9 Å². The van der Waals surface area contributed by atoms with Gasteiger partial charge in [-0.15, -0.1) is 0 Å². The van der Waals surface area contributed by atoms with Gasteiger partial charge in [0.05, 0.1) is 6.54 Å². The third kappa shape index (κ3) is 3.67. The number of fused-ring (bicyclic) bond motifs is 1. The molecule has 5 nitrogen and oxygen atoms in total. The lowest BCUT2D eigenvalue weighted by molar-refractivity contribution is -0.130. The minimum Gasteiger partial charge on any atom is -0.482 e. The molecule has 6 heteroatoms. The van der Waals surface area contributed by atoms with E-state index in [9.17, 15) is 9.18 Å². The molecule has 4 rings (SSSR count). The molecule has 0 saturated carbocycles. The van der Waals surface area contributed by atoms with Crippen molar-refractivity contribution in [2.75, 3.05) is 4.90 Å². The number of halogens is 1. The highest BCUT2D eigenvalue weighted by molar-refractivity contribution is 5.97. The van der Waals surface area contributed by atoms with Crippen LogP contribution in [0.3, 0.4) is 0 Å². The number of hydrogen-bond acceptors (Lipinski definition) is 4. The van der Waals surface area contributed by atoms with Crippen molar-refractivity contribution >= 4 is 11.6 Å². The van der Waals surface area contributed by atoms with E-state index in [2.05, 4.69) is 4.98 Å².